The first kappa shape index (κ1) is 38.2. The van der Waals surface area contributed by atoms with E-state index in [9.17, 15) is 5.26 Å². The molecule has 0 bridgehead atoms. The first-order valence-electron chi connectivity index (χ1n) is 15.8. The Labute approximate surface area is 258 Å². The fourth-order valence-electron chi connectivity index (χ4n) is 4.00. The number of nitrogens with one attached hydrogen (secondary N) is 2. The standard InChI is InChI=1S/C34H43N3.C3H8.C2H6/c1-7-26(4)13-12-14-29-16-18-30(19-17-29)20-21-31(8-2)34(32(9-3)25-35)37-33-15-10-11-23-36-24-22-27(5)28(33)6;1-3-2;1-2/h8-11,16-22,24,26,36-37H,2,5,7,12-15,23H2,1,3-4,6H3;3H2,1-2H3;1-2H3/b11-10-,21-20+,24-22-,32-9-,33-28+,34-31-;;. The van der Waals surface area contributed by atoms with Crippen LogP contribution in [0, 0.1) is 17.2 Å². The average molecular weight is 568 g/mol. The monoisotopic (exact) mass is 567 g/mol. The smallest absolute Gasteiger partial charge is 0.101 e. The lowest BCUT2D eigenvalue weighted by molar-refractivity contribution is 0.496. The van der Waals surface area contributed by atoms with Gasteiger partial charge in [-0.3, -0.25) is 0 Å². The molecule has 1 aliphatic heterocycles. The molecule has 1 atom stereocenters. The van der Waals surface area contributed by atoms with Crippen LogP contribution in [-0.2, 0) is 6.42 Å². The van der Waals surface area contributed by atoms with Crippen LogP contribution in [-0.4, -0.2) is 6.54 Å². The molecule has 3 heteroatoms. The third-order valence-electron chi connectivity index (χ3n) is 6.82. The largest absolute Gasteiger partial charge is 0.387 e. The molecule has 2 N–H and O–H groups in total. The summed E-state index contributed by atoms with van der Waals surface area (Å²) in [6.07, 6.45) is 22.7. The van der Waals surface area contributed by atoms with Gasteiger partial charge in [0.05, 0.1) is 11.3 Å². The van der Waals surface area contributed by atoms with Crippen LogP contribution >= 0.6 is 0 Å². The van der Waals surface area contributed by atoms with Gasteiger partial charge in [-0.2, -0.15) is 5.26 Å². The van der Waals surface area contributed by atoms with Gasteiger partial charge in [-0.15, -0.1) is 0 Å². The fraction of sp³-hybridized carbons (Fsp3) is 0.410. The van der Waals surface area contributed by atoms with Crippen LogP contribution < -0.4 is 10.6 Å². The summed E-state index contributed by atoms with van der Waals surface area (Å²) in [6.45, 7) is 25.8. The van der Waals surface area contributed by atoms with Gasteiger partial charge in [-0.25, -0.2) is 0 Å². The second-order valence-electron chi connectivity index (χ2n) is 10.2. The molecule has 0 amide bonds. The Morgan fingerprint density at radius 3 is 2.38 bits per heavy atom. The topological polar surface area (TPSA) is 47.8 Å². The van der Waals surface area contributed by atoms with E-state index in [1.54, 1.807) is 6.08 Å². The minimum atomic E-state index is 0.570. The molecule has 0 spiro atoms. The van der Waals surface area contributed by atoms with Gasteiger partial charge < -0.3 is 10.6 Å². The van der Waals surface area contributed by atoms with Gasteiger partial charge in [0.2, 0.25) is 0 Å². The van der Waals surface area contributed by atoms with Gasteiger partial charge in [0.1, 0.15) is 6.07 Å². The van der Waals surface area contributed by atoms with Crippen molar-refractivity contribution in [3.05, 3.63) is 125 Å². The van der Waals surface area contributed by atoms with Crippen molar-refractivity contribution in [2.75, 3.05) is 6.54 Å². The maximum Gasteiger partial charge on any atom is 0.101 e. The molecule has 1 aromatic carbocycles. The summed E-state index contributed by atoms with van der Waals surface area (Å²) < 4.78 is 0. The van der Waals surface area contributed by atoms with Crippen molar-refractivity contribution < 1.29 is 0 Å². The molecule has 0 fully saturated rings. The normalized spacial score (nSPS) is 18.1. The molecule has 0 saturated carbocycles. The number of nitrogens with zero attached hydrogens (tertiary/aromatic N) is 1. The molecule has 228 valence electrons. The van der Waals surface area contributed by atoms with Gasteiger partial charge in [-0.1, -0.05) is 135 Å². The van der Waals surface area contributed by atoms with E-state index in [0.717, 1.165) is 52.6 Å². The van der Waals surface area contributed by atoms with Gasteiger partial charge in [0, 0.05) is 18.7 Å². The van der Waals surface area contributed by atoms with Gasteiger partial charge >= 0.3 is 0 Å². The van der Waals surface area contributed by atoms with Crippen LogP contribution in [0.4, 0.5) is 0 Å². The summed E-state index contributed by atoms with van der Waals surface area (Å²) in [5.74, 6) is 0.795. The van der Waals surface area contributed by atoms with E-state index in [1.807, 2.05) is 45.2 Å². The van der Waals surface area contributed by atoms with Crippen molar-refractivity contribution in [1.82, 2.24) is 10.6 Å². The van der Waals surface area contributed by atoms with Crippen LogP contribution in [0.1, 0.15) is 98.6 Å². The van der Waals surface area contributed by atoms with Crippen molar-refractivity contribution in [3.63, 3.8) is 0 Å². The van der Waals surface area contributed by atoms with E-state index < -0.39 is 0 Å². The highest BCUT2D eigenvalue weighted by molar-refractivity contribution is 5.60. The average Bonchev–Trinajstić information content (AvgIpc) is 3.01. The van der Waals surface area contributed by atoms with Crippen LogP contribution in [0.2, 0.25) is 0 Å². The van der Waals surface area contributed by atoms with E-state index in [2.05, 4.69) is 107 Å². The highest BCUT2D eigenvalue weighted by Gasteiger charge is 2.13. The third kappa shape index (κ3) is 14.7. The second kappa shape index (κ2) is 23.9. The summed E-state index contributed by atoms with van der Waals surface area (Å²) in [5, 5.41) is 16.7. The number of allylic oxidation sites excluding steroid dienone is 9. The highest BCUT2D eigenvalue weighted by atomic mass is 14.9. The van der Waals surface area contributed by atoms with Crippen molar-refractivity contribution in [3.8, 4) is 6.07 Å². The lowest BCUT2D eigenvalue weighted by Crippen LogP contribution is -2.18. The summed E-state index contributed by atoms with van der Waals surface area (Å²) in [5.41, 5.74) is 7.64. The zero-order valence-electron chi connectivity index (χ0n) is 27.8. The van der Waals surface area contributed by atoms with Crippen molar-refractivity contribution in [2.24, 2.45) is 5.92 Å². The Morgan fingerprint density at radius 1 is 1.14 bits per heavy atom. The summed E-state index contributed by atoms with van der Waals surface area (Å²) >= 11 is 0. The first-order chi connectivity index (χ1) is 20.3. The number of rotatable bonds is 11. The molecule has 1 heterocycles. The predicted molar refractivity (Wildman–Crippen MR) is 188 cm³/mol. The molecule has 0 aliphatic carbocycles. The van der Waals surface area contributed by atoms with Crippen LogP contribution in [0.3, 0.4) is 0 Å². The number of hydrogen-bond donors (Lipinski definition) is 2. The van der Waals surface area contributed by atoms with E-state index in [0.29, 0.717) is 12.0 Å². The molecule has 1 aliphatic rings. The molecule has 1 aromatic rings. The Kier molecular flexibility index (Phi) is 21.7. The highest BCUT2D eigenvalue weighted by Crippen LogP contribution is 2.23. The van der Waals surface area contributed by atoms with Crippen molar-refractivity contribution in [2.45, 2.75) is 93.9 Å². The van der Waals surface area contributed by atoms with E-state index in [4.69, 9.17) is 0 Å². The van der Waals surface area contributed by atoms with Gasteiger partial charge in [-0.05, 0) is 72.7 Å². The molecule has 3 nitrogen and oxygen atoms in total. The number of benzene rings is 1. The number of hydrogen-bond acceptors (Lipinski definition) is 3. The van der Waals surface area contributed by atoms with Gasteiger partial charge in [0.25, 0.3) is 0 Å². The third-order valence-corrected chi connectivity index (χ3v) is 6.82. The molecule has 0 saturated heterocycles. The van der Waals surface area contributed by atoms with Crippen LogP contribution in [0.25, 0.3) is 6.08 Å². The van der Waals surface area contributed by atoms with Crippen molar-refractivity contribution >= 4 is 6.08 Å². The molecular weight excluding hydrogens is 510 g/mol. The minimum Gasteiger partial charge on any atom is -0.387 e. The molecule has 42 heavy (non-hydrogen) atoms. The predicted octanol–water partition coefficient (Wildman–Crippen LogP) is 10.9. The first-order valence-corrected chi connectivity index (χ1v) is 15.8. The van der Waals surface area contributed by atoms with Crippen LogP contribution in [0.5, 0.6) is 0 Å². The quantitative estimate of drug-likeness (QED) is 0.159. The van der Waals surface area contributed by atoms with E-state index in [1.165, 1.54) is 31.2 Å². The maximum absolute atomic E-state index is 9.89. The zero-order chi connectivity index (χ0) is 31.8. The Bertz CT molecular complexity index is 1160. The number of aryl methyl sites for hydroxylation is 1. The fourth-order valence-corrected chi connectivity index (χ4v) is 4.00. The van der Waals surface area contributed by atoms with Crippen molar-refractivity contribution in [1.29, 1.82) is 5.26 Å². The zero-order valence-corrected chi connectivity index (χ0v) is 27.8. The minimum absolute atomic E-state index is 0.570. The van der Waals surface area contributed by atoms with E-state index in [-0.39, 0.29) is 0 Å². The summed E-state index contributed by atoms with van der Waals surface area (Å²) in [7, 11) is 0. The molecule has 0 radical (unpaired) electrons. The molecular formula is C39H57N3. The maximum atomic E-state index is 9.89. The van der Waals surface area contributed by atoms with Crippen LogP contribution in [0.15, 0.2) is 114 Å². The van der Waals surface area contributed by atoms with Gasteiger partial charge in [0.15, 0.2) is 0 Å². The summed E-state index contributed by atoms with van der Waals surface area (Å²) in [4.78, 5) is 0. The second-order valence-corrected chi connectivity index (χ2v) is 10.2. The molecule has 2 rings (SSSR count). The lowest BCUT2D eigenvalue weighted by atomic mass is 9.98. The SMILES string of the molecule is C=CC(/C=C/c1ccc(CCCC(C)CC)cc1)=C(N/C1=C(\C)C(=C)/C=C\NC/C=C\C1)\C(C#N)=C/C.CC.CCC. The Balaban J connectivity index is 0.00000315. The lowest BCUT2D eigenvalue weighted by Gasteiger charge is -2.19. The Hall–Kier alpha value is -3.77. The Morgan fingerprint density at radius 2 is 1.81 bits per heavy atom. The van der Waals surface area contributed by atoms with E-state index >= 15 is 0 Å². The summed E-state index contributed by atoms with van der Waals surface area (Å²) in [6, 6.07) is 11.1. The molecule has 1 unspecified atom stereocenters. The number of nitriles is 1. The molecule has 0 aromatic heterocycles.